The first-order valence-electron chi connectivity index (χ1n) is 7.54. The number of hydrazone groups is 1. The van der Waals surface area contributed by atoms with Crippen molar-refractivity contribution in [1.82, 2.24) is 5.01 Å². The average Bonchev–Trinajstić information content (AvgIpc) is 3.00. The molecule has 0 saturated carbocycles. The molecule has 1 atom stereocenters. The zero-order valence-corrected chi connectivity index (χ0v) is 15.2. The van der Waals surface area contributed by atoms with Crippen molar-refractivity contribution in [2.75, 3.05) is 0 Å². The van der Waals surface area contributed by atoms with E-state index >= 15 is 0 Å². The lowest BCUT2D eigenvalue weighted by Gasteiger charge is -2.21. The lowest BCUT2D eigenvalue weighted by atomic mass is 10.1. The number of carbonyl (C=O) groups is 2. The molecule has 2 aromatic carbocycles. The van der Waals surface area contributed by atoms with Gasteiger partial charge in [-0.25, -0.2) is 0 Å². The lowest BCUT2D eigenvalue weighted by Crippen LogP contribution is -2.26. The third-order valence-corrected chi connectivity index (χ3v) is 4.20. The molecule has 1 aliphatic rings. The number of hydrogen-bond acceptors (Lipinski definition) is 5. The van der Waals surface area contributed by atoms with Crippen molar-refractivity contribution in [3.05, 3.63) is 64.1 Å². The Morgan fingerprint density at radius 2 is 1.80 bits per heavy atom. The van der Waals surface area contributed by atoms with E-state index in [4.69, 9.17) is 9.47 Å². The van der Waals surface area contributed by atoms with E-state index in [9.17, 15) is 9.59 Å². The summed E-state index contributed by atoms with van der Waals surface area (Å²) in [6.45, 7) is 2.72. The van der Waals surface area contributed by atoms with Crippen molar-refractivity contribution in [3.63, 3.8) is 0 Å². The van der Waals surface area contributed by atoms with Gasteiger partial charge < -0.3 is 9.47 Å². The molecular weight excluding hydrogens is 388 g/mol. The molecule has 3 rings (SSSR count). The number of esters is 1. The average molecular weight is 403 g/mol. The van der Waals surface area contributed by atoms with Crippen LogP contribution in [-0.4, -0.2) is 22.8 Å². The van der Waals surface area contributed by atoms with Crippen LogP contribution in [-0.2, 0) is 14.3 Å². The molecule has 0 aliphatic carbocycles. The van der Waals surface area contributed by atoms with E-state index in [1.165, 1.54) is 18.9 Å². The number of benzene rings is 2. The molecule has 1 aliphatic heterocycles. The van der Waals surface area contributed by atoms with Gasteiger partial charge in [-0.05, 0) is 40.2 Å². The highest BCUT2D eigenvalue weighted by Crippen LogP contribution is 2.36. The van der Waals surface area contributed by atoms with Gasteiger partial charge in [0.15, 0.2) is 0 Å². The summed E-state index contributed by atoms with van der Waals surface area (Å²) in [6, 6.07) is 14.3. The Hall–Kier alpha value is -2.67. The number of amides is 1. The Kier molecular flexibility index (Phi) is 4.85. The molecule has 1 heterocycles. The minimum atomic E-state index is -0.810. The second kappa shape index (κ2) is 7.06. The number of rotatable bonds is 3. The van der Waals surface area contributed by atoms with Crippen LogP contribution in [0.15, 0.2) is 58.1 Å². The number of hydrogen-bond donors (Lipinski definition) is 0. The Balaban J connectivity index is 2.00. The summed E-state index contributed by atoms with van der Waals surface area (Å²) >= 11 is 3.45. The van der Waals surface area contributed by atoms with Crippen LogP contribution in [0, 0.1) is 0 Å². The molecule has 0 unspecified atom stereocenters. The highest BCUT2D eigenvalue weighted by molar-refractivity contribution is 9.10. The molecule has 7 heteroatoms. The molecular formula is C18H15BrN2O4. The molecule has 25 heavy (non-hydrogen) atoms. The minimum Gasteiger partial charge on any atom is -0.445 e. The van der Waals surface area contributed by atoms with Crippen LogP contribution < -0.4 is 4.74 Å². The predicted octanol–water partition coefficient (Wildman–Crippen LogP) is 3.61. The maximum Gasteiger partial charge on any atom is 0.308 e. The molecule has 0 saturated heterocycles. The molecule has 0 radical (unpaired) electrons. The van der Waals surface area contributed by atoms with Crippen LogP contribution >= 0.6 is 15.9 Å². The first-order chi connectivity index (χ1) is 12.0. The van der Waals surface area contributed by atoms with Crippen molar-refractivity contribution in [1.29, 1.82) is 0 Å². The fraction of sp³-hybridized carbons (Fsp3) is 0.167. The van der Waals surface area contributed by atoms with E-state index in [2.05, 4.69) is 21.0 Å². The molecule has 2 aromatic rings. The van der Waals surface area contributed by atoms with Gasteiger partial charge in [0.1, 0.15) is 5.75 Å². The van der Waals surface area contributed by atoms with Crippen LogP contribution in [0.25, 0.3) is 0 Å². The van der Waals surface area contributed by atoms with Crippen molar-refractivity contribution >= 4 is 33.7 Å². The van der Waals surface area contributed by atoms with Gasteiger partial charge in [0, 0.05) is 18.3 Å². The van der Waals surface area contributed by atoms with E-state index in [-0.39, 0.29) is 5.91 Å². The van der Waals surface area contributed by atoms with Gasteiger partial charge in [-0.1, -0.05) is 24.3 Å². The number of para-hydroxylation sites is 1. The Bertz CT molecular complexity index is 866. The van der Waals surface area contributed by atoms with Crippen molar-refractivity contribution in [3.8, 4) is 5.75 Å². The normalized spacial score (nSPS) is 16.2. The monoisotopic (exact) mass is 402 g/mol. The zero-order valence-electron chi connectivity index (χ0n) is 13.6. The van der Waals surface area contributed by atoms with Crippen molar-refractivity contribution < 1.29 is 19.1 Å². The molecule has 0 bridgehead atoms. The van der Waals surface area contributed by atoms with Gasteiger partial charge in [-0.2, -0.15) is 5.01 Å². The van der Waals surface area contributed by atoms with Crippen LogP contribution in [0.2, 0.25) is 0 Å². The van der Waals surface area contributed by atoms with Gasteiger partial charge >= 0.3 is 5.97 Å². The summed E-state index contributed by atoms with van der Waals surface area (Å²) in [5, 5.41) is 5.54. The van der Waals surface area contributed by atoms with Crippen molar-refractivity contribution in [2.45, 2.75) is 20.1 Å². The molecule has 0 N–H and O–H groups in total. The number of nitrogens with zero attached hydrogens (tertiary/aromatic N) is 2. The van der Waals surface area contributed by atoms with Gasteiger partial charge in [-0.3, -0.25) is 9.59 Å². The maximum absolute atomic E-state index is 12.0. The number of halogens is 1. The summed E-state index contributed by atoms with van der Waals surface area (Å²) in [5.74, 6) is -0.100. The predicted molar refractivity (Wildman–Crippen MR) is 94.8 cm³/mol. The second-order valence-corrected chi connectivity index (χ2v) is 6.20. The summed E-state index contributed by atoms with van der Waals surface area (Å²) in [5.41, 5.74) is 1.26. The van der Waals surface area contributed by atoms with Crippen molar-refractivity contribution in [2.24, 2.45) is 5.10 Å². The molecule has 0 fully saturated rings. The van der Waals surface area contributed by atoms with Gasteiger partial charge in [0.05, 0.1) is 11.1 Å². The van der Waals surface area contributed by atoms with E-state index in [1.807, 2.05) is 24.3 Å². The van der Waals surface area contributed by atoms with Gasteiger partial charge in [0.25, 0.3) is 0 Å². The maximum atomic E-state index is 12.0. The van der Waals surface area contributed by atoms with E-state index in [0.717, 1.165) is 10.0 Å². The zero-order chi connectivity index (χ0) is 18.0. The third kappa shape index (κ3) is 3.56. The standard InChI is InChI=1S/C18H15BrN2O4/c1-11(22)21-18(14-8-4-6-10-16(14)24-12(2)23)25-17(20-21)13-7-3-5-9-15(13)19/h3-10,18H,1-2H3/t18-/m0/s1. The van der Waals surface area contributed by atoms with E-state index in [0.29, 0.717) is 17.2 Å². The molecule has 1 amide bonds. The summed E-state index contributed by atoms with van der Waals surface area (Å²) in [4.78, 5) is 23.4. The quantitative estimate of drug-likeness (QED) is 0.580. The van der Waals surface area contributed by atoms with Gasteiger partial charge in [0.2, 0.25) is 18.0 Å². The molecule has 0 spiro atoms. The SMILES string of the molecule is CC(=O)Oc1ccccc1[C@@H]1OC(c2ccccc2Br)=NN1C(C)=O. The Morgan fingerprint density at radius 1 is 1.12 bits per heavy atom. The van der Waals surface area contributed by atoms with Crippen LogP contribution in [0.5, 0.6) is 5.75 Å². The number of ether oxygens (including phenoxy) is 2. The minimum absolute atomic E-state index is 0.287. The highest BCUT2D eigenvalue weighted by atomic mass is 79.9. The smallest absolute Gasteiger partial charge is 0.308 e. The summed E-state index contributed by atoms with van der Waals surface area (Å²) in [7, 11) is 0. The fourth-order valence-corrected chi connectivity index (χ4v) is 2.90. The molecule has 6 nitrogen and oxygen atoms in total. The van der Waals surface area contributed by atoms with Crippen LogP contribution in [0.4, 0.5) is 0 Å². The fourth-order valence-electron chi connectivity index (χ4n) is 2.44. The summed E-state index contributed by atoms with van der Waals surface area (Å²) in [6.07, 6.45) is -0.810. The van der Waals surface area contributed by atoms with E-state index in [1.54, 1.807) is 24.3 Å². The second-order valence-electron chi connectivity index (χ2n) is 5.35. The van der Waals surface area contributed by atoms with Crippen LogP contribution in [0.3, 0.4) is 0 Å². The largest absolute Gasteiger partial charge is 0.445 e. The van der Waals surface area contributed by atoms with E-state index < -0.39 is 12.2 Å². The first kappa shape index (κ1) is 17.2. The Labute approximate surface area is 153 Å². The Morgan fingerprint density at radius 3 is 2.48 bits per heavy atom. The van der Waals surface area contributed by atoms with Crippen LogP contribution in [0.1, 0.15) is 31.2 Å². The molecule has 128 valence electrons. The highest BCUT2D eigenvalue weighted by Gasteiger charge is 2.35. The topological polar surface area (TPSA) is 68.2 Å². The van der Waals surface area contributed by atoms with Gasteiger partial charge in [-0.15, -0.1) is 5.10 Å². The third-order valence-electron chi connectivity index (χ3n) is 3.51. The number of carbonyl (C=O) groups excluding carboxylic acids is 2. The lowest BCUT2D eigenvalue weighted by molar-refractivity contribution is -0.135. The molecule has 0 aromatic heterocycles. The first-order valence-corrected chi connectivity index (χ1v) is 8.34. The summed E-state index contributed by atoms with van der Waals surface area (Å²) < 4.78 is 12.0.